The van der Waals surface area contributed by atoms with Crippen molar-refractivity contribution < 1.29 is 9.72 Å². The first-order valence-corrected chi connectivity index (χ1v) is 8.14. The summed E-state index contributed by atoms with van der Waals surface area (Å²) in [7, 11) is 0. The minimum atomic E-state index is -0.549. The molecule has 1 amide bonds. The van der Waals surface area contributed by atoms with Gasteiger partial charge in [-0.15, -0.1) is 11.8 Å². The number of hydrogen-bond donors (Lipinski definition) is 1. The largest absolute Gasteiger partial charge is 0.320 e. The maximum atomic E-state index is 12.5. The molecule has 120 valence electrons. The third-order valence-corrected chi connectivity index (χ3v) is 4.13. The topological polar surface area (TPSA) is 85.1 Å². The summed E-state index contributed by atoms with van der Waals surface area (Å²) in [6.07, 6.45) is 1.85. The minimum Gasteiger partial charge on any atom is -0.320 e. The fourth-order valence-corrected chi connectivity index (χ4v) is 2.82. The fourth-order valence-electron chi connectivity index (χ4n) is 2.38. The number of pyridine rings is 1. The molecule has 0 radical (unpaired) electrons. The molecule has 1 N–H and O–H groups in total. The lowest BCUT2D eigenvalue weighted by Gasteiger charge is -2.12. The molecule has 6 nitrogen and oxygen atoms in total. The van der Waals surface area contributed by atoms with Gasteiger partial charge in [0.1, 0.15) is 5.56 Å². The predicted octanol–water partition coefficient (Wildman–Crippen LogP) is 3.89. The van der Waals surface area contributed by atoms with Crippen molar-refractivity contribution in [1.29, 1.82) is 0 Å². The summed E-state index contributed by atoms with van der Waals surface area (Å²) in [5.74, 6) is -0.510. The third kappa shape index (κ3) is 3.68. The van der Waals surface area contributed by atoms with E-state index in [1.54, 1.807) is 13.0 Å². The lowest BCUT2D eigenvalue weighted by atomic mass is 10.1. The normalized spacial score (nSPS) is 10.4. The summed E-state index contributed by atoms with van der Waals surface area (Å²) in [6.45, 7) is 5.53. The van der Waals surface area contributed by atoms with Gasteiger partial charge in [-0.2, -0.15) is 0 Å². The Bertz CT molecular complexity index is 767. The number of aryl methyl sites for hydroxylation is 3. The number of aromatic nitrogens is 1. The molecular formula is C16H17N3O3S. The van der Waals surface area contributed by atoms with Crippen LogP contribution in [0.1, 0.15) is 27.3 Å². The van der Waals surface area contributed by atoms with Crippen molar-refractivity contribution in [1.82, 2.24) is 4.98 Å². The highest BCUT2D eigenvalue weighted by Crippen LogP contribution is 2.27. The summed E-state index contributed by atoms with van der Waals surface area (Å²) >= 11 is 1.42. The van der Waals surface area contributed by atoms with Crippen molar-refractivity contribution in [3.8, 4) is 0 Å². The van der Waals surface area contributed by atoms with Crippen LogP contribution in [0.3, 0.4) is 0 Å². The number of thioether (sulfide) groups is 1. The van der Waals surface area contributed by atoms with Gasteiger partial charge in [0.05, 0.1) is 16.3 Å². The van der Waals surface area contributed by atoms with Crippen LogP contribution >= 0.6 is 11.8 Å². The van der Waals surface area contributed by atoms with Gasteiger partial charge in [-0.25, -0.2) is 0 Å². The number of nitro benzene ring substituents is 1. The molecule has 0 spiro atoms. The monoisotopic (exact) mass is 331 g/mol. The van der Waals surface area contributed by atoms with Crippen molar-refractivity contribution in [3.63, 3.8) is 0 Å². The second-order valence-electron chi connectivity index (χ2n) is 5.14. The molecule has 0 bridgehead atoms. The quantitative estimate of drug-likeness (QED) is 0.522. The van der Waals surface area contributed by atoms with Crippen LogP contribution in [0.15, 0.2) is 29.2 Å². The second-order valence-corrected chi connectivity index (χ2v) is 6.01. The van der Waals surface area contributed by atoms with Crippen LogP contribution in [0.25, 0.3) is 0 Å². The standard InChI is InChI=1S/C16H17N3O3S/c1-9-7-10(2)17-11(3)15(9)18-16(20)13-8-12(23-4)5-6-14(13)19(21)22/h5-8H,1-4H3,(H,18,20). The first kappa shape index (κ1) is 17.0. The molecule has 0 aliphatic rings. The molecule has 1 heterocycles. The molecule has 0 atom stereocenters. The maximum absolute atomic E-state index is 12.5. The van der Waals surface area contributed by atoms with Crippen molar-refractivity contribution >= 4 is 29.0 Å². The highest BCUT2D eigenvalue weighted by Gasteiger charge is 2.22. The second kappa shape index (κ2) is 6.78. The van der Waals surface area contributed by atoms with Gasteiger partial charge in [0.2, 0.25) is 0 Å². The van der Waals surface area contributed by atoms with Crippen LogP contribution in [0.5, 0.6) is 0 Å². The van der Waals surface area contributed by atoms with Crippen molar-refractivity contribution in [2.45, 2.75) is 25.7 Å². The predicted molar refractivity (Wildman–Crippen MR) is 91.3 cm³/mol. The molecular weight excluding hydrogens is 314 g/mol. The van der Waals surface area contributed by atoms with Crippen molar-refractivity contribution in [2.75, 3.05) is 11.6 Å². The Balaban J connectivity index is 2.43. The number of anilines is 1. The highest BCUT2D eigenvalue weighted by atomic mass is 32.2. The van der Waals surface area contributed by atoms with E-state index in [9.17, 15) is 14.9 Å². The van der Waals surface area contributed by atoms with Gasteiger partial charge < -0.3 is 5.32 Å². The maximum Gasteiger partial charge on any atom is 0.282 e. The van der Waals surface area contributed by atoms with Crippen LogP contribution in [0, 0.1) is 30.9 Å². The zero-order chi connectivity index (χ0) is 17.1. The van der Waals surface area contributed by atoms with Crippen LogP contribution in [0.2, 0.25) is 0 Å². The van der Waals surface area contributed by atoms with Crippen LogP contribution < -0.4 is 5.32 Å². The van der Waals surface area contributed by atoms with Gasteiger partial charge >= 0.3 is 0 Å². The molecule has 7 heteroatoms. The van der Waals surface area contributed by atoms with E-state index in [1.807, 2.05) is 26.2 Å². The molecule has 1 aromatic heterocycles. The number of carbonyl (C=O) groups is 1. The molecule has 0 aliphatic heterocycles. The van der Waals surface area contributed by atoms with Gasteiger partial charge in [0, 0.05) is 16.7 Å². The van der Waals surface area contributed by atoms with Gasteiger partial charge in [-0.05, 0) is 50.8 Å². The molecule has 2 aromatic rings. The Morgan fingerprint density at radius 1 is 1.26 bits per heavy atom. The first-order valence-electron chi connectivity index (χ1n) is 6.92. The summed E-state index contributed by atoms with van der Waals surface area (Å²) in [6, 6.07) is 6.37. The van der Waals surface area contributed by atoms with E-state index in [1.165, 1.54) is 23.9 Å². The number of hydrogen-bond acceptors (Lipinski definition) is 5. The third-order valence-electron chi connectivity index (χ3n) is 3.41. The zero-order valence-corrected chi connectivity index (χ0v) is 14.2. The summed E-state index contributed by atoms with van der Waals surface area (Å²) < 4.78 is 0. The van der Waals surface area contributed by atoms with Crippen molar-refractivity contribution in [3.05, 3.63) is 56.9 Å². The average Bonchev–Trinajstić information content (AvgIpc) is 2.49. The summed E-state index contributed by atoms with van der Waals surface area (Å²) in [5.41, 5.74) is 2.82. The molecule has 0 unspecified atom stereocenters. The van der Waals surface area contributed by atoms with E-state index in [-0.39, 0.29) is 11.3 Å². The Kier molecular flexibility index (Phi) is 5.00. The van der Waals surface area contributed by atoms with Gasteiger partial charge in [-0.1, -0.05) is 0 Å². The number of amides is 1. The molecule has 0 saturated carbocycles. The van der Waals surface area contributed by atoms with Gasteiger partial charge in [0.25, 0.3) is 11.6 Å². The minimum absolute atomic E-state index is 0.0428. The van der Waals surface area contributed by atoms with Crippen LogP contribution in [0.4, 0.5) is 11.4 Å². The fraction of sp³-hybridized carbons (Fsp3) is 0.250. The molecule has 1 aromatic carbocycles. The van der Waals surface area contributed by atoms with E-state index in [2.05, 4.69) is 10.3 Å². The Hall–Kier alpha value is -2.41. The Morgan fingerprint density at radius 3 is 2.52 bits per heavy atom. The number of rotatable bonds is 4. The van der Waals surface area contributed by atoms with Crippen LogP contribution in [-0.2, 0) is 0 Å². The van der Waals surface area contributed by atoms with E-state index in [4.69, 9.17) is 0 Å². The number of benzene rings is 1. The molecule has 2 rings (SSSR count). The van der Waals surface area contributed by atoms with Gasteiger partial charge in [-0.3, -0.25) is 19.9 Å². The molecule has 0 aliphatic carbocycles. The van der Waals surface area contributed by atoms with Crippen LogP contribution in [-0.4, -0.2) is 22.1 Å². The number of carbonyl (C=O) groups excluding carboxylic acids is 1. The lowest BCUT2D eigenvalue weighted by molar-refractivity contribution is -0.385. The number of nitrogens with one attached hydrogen (secondary N) is 1. The van der Waals surface area contributed by atoms with E-state index in [0.29, 0.717) is 11.4 Å². The Labute approximate surface area is 138 Å². The lowest BCUT2D eigenvalue weighted by Crippen LogP contribution is -2.16. The van der Waals surface area contributed by atoms with E-state index in [0.717, 1.165) is 16.2 Å². The van der Waals surface area contributed by atoms with Gasteiger partial charge in [0.15, 0.2) is 0 Å². The number of nitrogens with zero attached hydrogens (tertiary/aromatic N) is 2. The number of nitro groups is 1. The molecule has 0 fully saturated rings. The summed E-state index contributed by atoms with van der Waals surface area (Å²) in [5, 5.41) is 13.9. The van der Waals surface area contributed by atoms with Crippen molar-refractivity contribution in [2.24, 2.45) is 0 Å². The van der Waals surface area contributed by atoms with E-state index >= 15 is 0 Å². The molecule has 0 saturated heterocycles. The smallest absolute Gasteiger partial charge is 0.282 e. The molecule has 23 heavy (non-hydrogen) atoms. The average molecular weight is 331 g/mol. The summed E-state index contributed by atoms with van der Waals surface area (Å²) in [4.78, 5) is 28.3. The highest BCUT2D eigenvalue weighted by molar-refractivity contribution is 7.98. The Morgan fingerprint density at radius 2 is 1.96 bits per heavy atom. The zero-order valence-electron chi connectivity index (χ0n) is 13.3. The van der Waals surface area contributed by atoms with E-state index < -0.39 is 10.8 Å². The first-order chi connectivity index (χ1) is 10.8. The SMILES string of the molecule is CSc1ccc([N+](=O)[O-])c(C(=O)Nc2c(C)cc(C)nc2C)c1.